The summed E-state index contributed by atoms with van der Waals surface area (Å²) in [5, 5.41) is 15.1. The number of anilines is 5. The van der Waals surface area contributed by atoms with Crippen molar-refractivity contribution in [2.75, 3.05) is 16.0 Å². The molecule has 28 heavy (non-hydrogen) atoms. The fraction of sp³-hybridized carbons (Fsp3) is 0.0588. The number of hydrogen-bond acceptors (Lipinski definition) is 6. The molecule has 144 valence electrons. The first-order chi connectivity index (χ1) is 13.5. The van der Waals surface area contributed by atoms with Gasteiger partial charge < -0.3 is 16.0 Å². The van der Waals surface area contributed by atoms with Gasteiger partial charge >= 0.3 is 0 Å². The molecule has 2 aromatic heterocycles. The molecule has 0 saturated heterocycles. The summed E-state index contributed by atoms with van der Waals surface area (Å²) in [6.07, 6.45) is 4.01. The van der Waals surface area contributed by atoms with Crippen LogP contribution in [0.4, 0.5) is 33.2 Å². The predicted molar refractivity (Wildman–Crippen MR) is 107 cm³/mol. The number of aromatic amines is 1. The van der Waals surface area contributed by atoms with E-state index in [0.717, 1.165) is 6.08 Å². The van der Waals surface area contributed by atoms with E-state index in [-0.39, 0.29) is 28.4 Å². The van der Waals surface area contributed by atoms with Gasteiger partial charge in [-0.25, -0.2) is 9.37 Å². The Balaban J connectivity index is 1.85. The van der Waals surface area contributed by atoms with Gasteiger partial charge in [-0.1, -0.05) is 18.2 Å². The molecule has 8 nitrogen and oxygen atoms in total. The van der Waals surface area contributed by atoms with Gasteiger partial charge in [-0.3, -0.25) is 9.89 Å². The van der Waals surface area contributed by atoms with Crippen LogP contribution in [0.5, 0.6) is 0 Å². The molecule has 0 spiro atoms. The predicted octanol–water partition coefficient (Wildman–Crippen LogP) is 4.34. The van der Waals surface area contributed by atoms with Crippen LogP contribution in [-0.4, -0.2) is 26.1 Å². The van der Waals surface area contributed by atoms with Crippen LogP contribution >= 0.6 is 23.2 Å². The number of halogens is 3. The lowest BCUT2D eigenvalue weighted by molar-refractivity contribution is -0.111. The Labute approximate surface area is 169 Å². The molecule has 0 bridgehead atoms. The van der Waals surface area contributed by atoms with Gasteiger partial charge in [0.2, 0.25) is 11.9 Å². The van der Waals surface area contributed by atoms with Gasteiger partial charge in [-0.2, -0.15) is 10.1 Å². The summed E-state index contributed by atoms with van der Waals surface area (Å²) in [5.74, 6) is -0.383. The van der Waals surface area contributed by atoms with Crippen molar-refractivity contribution in [3.63, 3.8) is 0 Å². The lowest BCUT2D eigenvalue weighted by atomic mass is 10.2. The Hall–Kier alpha value is -3.17. The molecule has 0 fully saturated rings. The topological polar surface area (TPSA) is 108 Å². The number of amides is 1. The summed E-state index contributed by atoms with van der Waals surface area (Å²) in [6, 6.07) is 4.03. The molecule has 2 heterocycles. The minimum Gasteiger partial charge on any atom is -0.336 e. The third-order valence-corrected chi connectivity index (χ3v) is 4.06. The van der Waals surface area contributed by atoms with E-state index < -0.39 is 11.7 Å². The number of nitrogens with zero attached hydrogens (tertiary/aromatic N) is 3. The number of rotatable bonds is 7. The number of nitrogens with one attached hydrogen (secondary N) is 4. The van der Waals surface area contributed by atoms with Crippen LogP contribution in [0.1, 0.15) is 5.69 Å². The molecule has 1 aromatic carbocycles. The highest BCUT2D eigenvalue weighted by Crippen LogP contribution is 2.28. The van der Waals surface area contributed by atoms with Crippen molar-refractivity contribution >= 4 is 57.9 Å². The van der Waals surface area contributed by atoms with E-state index in [4.69, 9.17) is 23.2 Å². The van der Waals surface area contributed by atoms with E-state index in [1.54, 1.807) is 0 Å². The average Bonchev–Trinajstić information content (AvgIpc) is 3.14. The van der Waals surface area contributed by atoms with Gasteiger partial charge in [0.05, 0.1) is 35.3 Å². The molecule has 3 aromatic rings. The third-order valence-electron chi connectivity index (χ3n) is 3.51. The first kappa shape index (κ1) is 19.6. The van der Waals surface area contributed by atoms with Crippen LogP contribution in [0.15, 0.2) is 43.2 Å². The van der Waals surface area contributed by atoms with E-state index in [9.17, 15) is 9.18 Å². The minimum absolute atomic E-state index is 0.0678. The molecule has 3 rings (SSSR count). The van der Waals surface area contributed by atoms with Crippen LogP contribution in [0, 0.1) is 5.82 Å². The van der Waals surface area contributed by atoms with Crippen molar-refractivity contribution in [2.45, 2.75) is 5.88 Å². The molecule has 0 unspecified atom stereocenters. The number of aromatic nitrogens is 4. The fourth-order valence-corrected chi connectivity index (χ4v) is 2.52. The second-order valence-electron chi connectivity index (χ2n) is 5.42. The Morgan fingerprint density at radius 2 is 2.11 bits per heavy atom. The van der Waals surface area contributed by atoms with Gasteiger partial charge in [0.25, 0.3) is 0 Å². The van der Waals surface area contributed by atoms with E-state index in [1.165, 1.54) is 30.6 Å². The largest absolute Gasteiger partial charge is 0.336 e. The monoisotopic (exact) mass is 421 g/mol. The molecule has 0 atom stereocenters. The smallest absolute Gasteiger partial charge is 0.247 e. The summed E-state index contributed by atoms with van der Waals surface area (Å²) in [7, 11) is 0. The number of carbonyl (C=O) groups excluding carboxylic acids is 1. The van der Waals surface area contributed by atoms with Crippen LogP contribution in [-0.2, 0) is 10.7 Å². The van der Waals surface area contributed by atoms with Crippen molar-refractivity contribution in [2.24, 2.45) is 0 Å². The molecular weight excluding hydrogens is 408 g/mol. The molecule has 0 saturated carbocycles. The Morgan fingerprint density at radius 3 is 2.86 bits per heavy atom. The standard InChI is InChI=1S/C17H14Cl2FN7O/c1-2-15(28)23-9-3-4-11(20)12(5-9)24-16-10(19)7-21-17(26-16)25-14-8-22-27-13(14)6-18/h2-5,7-8H,1,6H2,(H,22,27)(H,23,28)(H2,21,24,25,26). The lowest BCUT2D eigenvalue weighted by Gasteiger charge is -2.12. The molecule has 0 aliphatic heterocycles. The van der Waals surface area contributed by atoms with Crippen molar-refractivity contribution in [3.05, 3.63) is 59.8 Å². The normalized spacial score (nSPS) is 10.4. The number of carbonyl (C=O) groups is 1. The number of H-pyrrole nitrogens is 1. The van der Waals surface area contributed by atoms with Crippen molar-refractivity contribution in [1.29, 1.82) is 0 Å². The van der Waals surface area contributed by atoms with Crippen molar-refractivity contribution in [3.8, 4) is 0 Å². The van der Waals surface area contributed by atoms with E-state index in [2.05, 4.69) is 42.7 Å². The summed E-state index contributed by atoms with van der Waals surface area (Å²) in [5.41, 5.74) is 1.70. The highest BCUT2D eigenvalue weighted by molar-refractivity contribution is 6.32. The average molecular weight is 422 g/mol. The van der Waals surface area contributed by atoms with Gasteiger partial charge in [-0.15, -0.1) is 11.6 Å². The zero-order valence-corrected chi connectivity index (χ0v) is 15.8. The quantitative estimate of drug-likeness (QED) is 0.333. The zero-order chi connectivity index (χ0) is 20.1. The summed E-state index contributed by atoms with van der Waals surface area (Å²) >= 11 is 11.9. The minimum atomic E-state index is -0.556. The molecule has 0 aliphatic rings. The highest BCUT2D eigenvalue weighted by atomic mass is 35.5. The SMILES string of the molecule is C=CC(=O)Nc1ccc(F)c(Nc2nc(Nc3cn[nH]c3CCl)ncc2Cl)c1. The van der Waals surface area contributed by atoms with Crippen LogP contribution < -0.4 is 16.0 Å². The summed E-state index contributed by atoms with van der Waals surface area (Å²) < 4.78 is 14.2. The van der Waals surface area contributed by atoms with E-state index >= 15 is 0 Å². The van der Waals surface area contributed by atoms with Crippen LogP contribution in [0.2, 0.25) is 5.02 Å². The van der Waals surface area contributed by atoms with Crippen LogP contribution in [0.3, 0.4) is 0 Å². The Bertz CT molecular complexity index is 1020. The summed E-state index contributed by atoms with van der Waals surface area (Å²) in [4.78, 5) is 19.8. The first-order valence-electron chi connectivity index (χ1n) is 7.88. The third kappa shape index (κ3) is 4.56. The van der Waals surface area contributed by atoms with Gasteiger partial charge in [0.1, 0.15) is 10.8 Å². The van der Waals surface area contributed by atoms with Crippen molar-refractivity contribution < 1.29 is 9.18 Å². The summed E-state index contributed by atoms with van der Waals surface area (Å²) in [6.45, 7) is 3.37. The molecular formula is C17H14Cl2FN7O. The molecule has 1 amide bonds. The maximum Gasteiger partial charge on any atom is 0.247 e. The van der Waals surface area contributed by atoms with Gasteiger partial charge in [-0.05, 0) is 24.3 Å². The Kier molecular flexibility index (Phi) is 6.07. The fourth-order valence-electron chi connectivity index (χ4n) is 2.18. The van der Waals surface area contributed by atoms with Crippen molar-refractivity contribution in [1.82, 2.24) is 20.2 Å². The number of hydrogen-bond donors (Lipinski definition) is 4. The zero-order valence-electron chi connectivity index (χ0n) is 14.3. The molecule has 0 radical (unpaired) electrons. The van der Waals surface area contributed by atoms with Gasteiger partial charge in [0.15, 0.2) is 5.82 Å². The first-order valence-corrected chi connectivity index (χ1v) is 8.79. The maximum atomic E-state index is 14.2. The molecule has 0 aliphatic carbocycles. The number of alkyl halides is 1. The molecule has 11 heteroatoms. The molecule has 4 N–H and O–H groups in total. The highest BCUT2D eigenvalue weighted by Gasteiger charge is 2.12. The second kappa shape index (κ2) is 8.68. The van der Waals surface area contributed by atoms with Crippen LogP contribution in [0.25, 0.3) is 0 Å². The van der Waals surface area contributed by atoms with E-state index in [1.807, 2.05) is 0 Å². The van der Waals surface area contributed by atoms with E-state index in [0.29, 0.717) is 17.1 Å². The maximum absolute atomic E-state index is 14.2. The van der Waals surface area contributed by atoms with Gasteiger partial charge in [0, 0.05) is 5.69 Å². The lowest BCUT2D eigenvalue weighted by Crippen LogP contribution is -2.08. The second-order valence-corrected chi connectivity index (χ2v) is 6.10. The Morgan fingerprint density at radius 1 is 1.29 bits per heavy atom. The number of benzene rings is 1.